The van der Waals surface area contributed by atoms with Gasteiger partial charge in [-0.2, -0.15) is 0 Å². The van der Waals surface area contributed by atoms with Crippen LogP contribution in [0.25, 0.3) is 0 Å². The molecular weight excluding hydrogens is 244 g/mol. The van der Waals surface area contributed by atoms with Crippen LogP contribution >= 0.6 is 11.6 Å². The van der Waals surface area contributed by atoms with Gasteiger partial charge in [-0.1, -0.05) is 55.8 Å². The van der Waals surface area contributed by atoms with E-state index in [4.69, 9.17) is 16.3 Å². The molecule has 0 aromatic heterocycles. The van der Waals surface area contributed by atoms with Gasteiger partial charge in [0, 0.05) is 12.8 Å². The van der Waals surface area contributed by atoms with Gasteiger partial charge in [-0.05, 0) is 23.6 Å². The molecule has 96 valence electrons. The van der Waals surface area contributed by atoms with Crippen LogP contribution in [-0.2, 0) is 4.74 Å². The van der Waals surface area contributed by atoms with E-state index in [1.54, 1.807) is 0 Å². The molecule has 0 heterocycles. The van der Waals surface area contributed by atoms with Crippen molar-refractivity contribution in [2.24, 2.45) is 5.92 Å². The monoisotopic (exact) mass is 262 g/mol. The molecule has 1 nitrogen and oxygen atoms in total. The molecule has 0 spiro atoms. The Morgan fingerprint density at radius 3 is 2.78 bits per heavy atom. The van der Waals surface area contributed by atoms with E-state index in [1.165, 1.54) is 5.57 Å². The van der Waals surface area contributed by atoms with E-state index < -0.39 is 0 Å². The fourth-order valence-electron chi connectivity index (χ4n) is 1.98. The Labute approximate surface area is 114 Å². The Balaban J connectivity index is 2.06. The smallest absolute Gasteiger partial charge is 0.135 e. The molecule has 1 atom stereocenters. The largest absolute Gasteiger partial charge is 0.485 e. The molecule has 2 heteroatoms. The number of allylic oxidation sites excluding steroid dienone is 7. The molecule has 0 fully saturated rings. The van der Waals surface area contributed by atoms with Gasteiger partial charge in [0.1, 0.15) is 11.9 Å². The molecule has 0 aliphatic heterocycles. The van der Waals surface area contributed by atoms with Gasteiger partial charge < -0.3 is 4.74 Å². The molecule has 0 amide bonds. The van der Waals surface area contributed by atoms with Gasteiger partial charge in [-0.15, -0.1) is 0 Å². The summed E-state index contributed by atoms with van der Waals surface area (Å²) in [6.45, 7) is 4.37. The van der Waals surface area contributed by atoms with Gasteiger partial charge in [0.15, 0.2) is 0 Å². The Kier molecular flexibility index (Phi) is 4.48. The standard InChI is InChI=1S/C16H19ClO/c1-12(2)13-8-10-15(17)16(11-9-13)18-14-6-4-3-5-7-14/h3-6,8-9,11-12,14H,7,10H2,1-2H3. The topological polar surface area (TPSA) is 9.23 Å². The fraction of sp³-hybridized carbons (Fsp3) is 0.375. The molecular formula is C16H19ClO. The van der Waals surface area contributed by atoms with Crippen LogP contribution in [0, 0.1) is 5.92 Å². The summed E-state index contributed by atoms with van der Waals surface area (Å²) >= 11 is 6.29. The molecule has 18 heavy (non-hydrogen) atoms. The predicted molar refractivity (Wildman–Crippen MR) is 77.3 cm³/mol. The minimum Gasteiger partial charge on any atom is -0.485 e. The second kappa shape index (κ2) is 6.10. The van der Waals surface area contributed by atoms with Crippen molar-refractivity contribution >= 4 is 11.6 Å². The minimum absolute atomic E-state index is 0.101. The highest BCUT2D eigenvalue weighted by Gasteiger charge is 2.13. The van der Waals surface area contributed by atoms with Crippen molar-refractivity contribution in [1.29, 1.82) is 0 Å². The van der Waals surface area contributed by atoms with E-state index >= 15 is 0 Å². The van der Waals surface area contributed by atoms with Gasteiger partial charge in [0.2, 0.25) is 0 Å². The fourth-order valence-corrected chi connectivity index (χ4v) is 2.16. The van der Waals surface area contributed by atoms with E-state index in [0.29, 0.717) is 5.92 Å². The van der Waals surface area contributed by atoms with Crippen molar-refractivity contribution in [1.82, 2.24) is 0 Å². The summed E-state index contributed by atoms with van der Waals surface area (Å²) in [5.41, 5.74) is 1.31. The van der Waals surface area contributed by atoms with E-state index in [-0.39, 0.29) is 6.10 Å². The summed E-state index contributed by atoms with van der Waals surface area (Å²) in [6, 6.07) is 0. The van der Waals surface area contributed by atoms with Crippen molar-refractivity contribution < 1.29 is 4.74 Å². The van der Waals surface area contributed by atoms with Gasteiger partial charge in [-0.25, -0.2) is 0 Å². The molecule has 2 aliphatic carbocycles. The number of hydrogen-bond acceptors (Lipinski definition) is 1. The summed E-state index contributed by atoms with van der Waals surface area (Å²) in [6.07, 6.45) is 16.3. The average molecular weight is 263 g/mol. The molecule has 2 aliphatic rings. The van der Waals surface area contributed by atoms with E-state index in [1.807, 2.05) is 18.2 Å². The normalized spacial score (nSPS) is 23.3. The van der Waals surface area contributed by atoms with Gasteiger partial charge in [0.05, 0.1) is 5.03 Å². The number of rotatable bonds is 3. The highest BCUT2D eigenvalue weighted by molar-refractivity contribution is 6.30. The van der Waals surface area contributed by atoms with Gasteiger partial charge in [0.25, 0.3) is 0 Å². The van der Waals surface area contributed by atoms with Crippen LogP contribution in [0.15, 0.2) is 58.9 Å². The Hall–Kier alpha value is -1.21. The first kappa shape index (κ1) is 13.2. The molecule has 0 saturated carbocycles. The van der Waals surface area contributed by atoms with Crippen molar-refractivity contribution in [2.45, 2.75) is 32.8 Å². The van der Waals surface area contributed by atoms with E-state index in [9.17, 15) is 0 Å². The molecule has 0 radical (unpaired) electrons. The Bertz CT molecular complexity index is 450. The SMILES string of the molecule is CC(C)C1=CCC(Cl)=C(OC2C=CC=CC2)C=C1. The van der Waals surface area contributed by atoms with Crippen LogP contribution in [-0.4, -0.2) is 6.10 Å². The lowest BCUT2D eigenvalue weighted by Gasteiger charge is -2.17. The first-order valence-electron chi connectivity index (χ1n) is 6.43. The molecule has 0 aromatic carbocycles. The van der Waals surface area contributed by atoms with Crippen LogP contribution in [0.4, 0.5) is 0 Å². The van der Waals surface area contributed by atoms with Crippen LogP contribution in [0.1, 0.15) is 26.7 Å². The van der Waals surface area contributed by atoms with Gasteiger partial charge in [-0.3, -0.25) is 0 Å². The second-order valence-electron chi connectivity index (χ2n) is 4.87. The lowest BCUT2D eigenvalue weighted by Crippen LogP contribution is -2.09. The van der Waals surface area contributed by atoms with Crippen molar-refractivity contribution in [3.63, 3.8) is 0 Å². The van der Waals surface area contributed by atoms with Crippen LogP contribution in [0.2, 0.25) is 0 Å². The van der Waals surface area contributed by atoms with Crippen LogP contribution < -0.4 is 0 Å². The third kappa shape index (κ3) is 3.39. The zero-order valence-corrected chi connectivity index (χ0v) is 11.7. The molecule has 0 bridgehead atoms. The Morgan fingerprint density at radius 2 is 2.11 bits per heavy atom. The number of halogens is 1. The quantitative estimate of drug-likeness (QED) is 0.704. The molecule has 0 saturated heterocycles. The number of ether oxygens (including phenoxy) is 1. The Morgan fingerprint density at radius 1 is 1.28 bits per heavy atom. The maximum absolute atomic E-state index is 6.29. The first-order chi connectivity index (χ1) is 8.66. The maximum Gasteiger partial charge on any atom is 0.135 e. The van der Waals surface area contributed by atoms with Crippen LogP contribution in [0.5, 0.6) is 0 Å². The molecule has 0 N–H and O–H groups in total. The maximum atomic E-state index is 6.29. The third-order valence-electron chi connectivity index (χ3n) is 3.10. The van der Waals surface area contributed by atoms with Crippen LogP contribution in [0.3, 0.4) is 0 Å². The minimum atomic E-state index is 0.101. The first-order valence-corrected chi connectivity index (χ1v) is 6.81. The van der Waals surface area contributed by atoms with Crippen molar-refractivity contribution in [3.8, 4) is 0 Å². The number of hydrogen-bond donors (Lipinski definition) is 0. The van der Waals surface area contributed by atoms with Crippen molar-refractivity contribution in [2.75, 3.05) is 0 Å². The van der Waals surface area contributed by atoms with Crippen molar-refractivity contribution in [3.05, 3.63) is 58.9 Å². The van der Waals surface area contributed by atoms with Gasteiger partial charge >= 0.3 is 0 Å². The predicted octanol–water partition coefficient (Wildman–Crippen LogP) is 4.88. The lowest BCUT2D eigenvalue weighted by atomic mass is 10.0. The summed E-state index contributed by atoms with van der Waals surface area (Å²) < 4.78 is 5.94. The highest BCUT2D eigenvalue weighted by Crippen LogP contribution is 2.26. The highest BCUT2D eigenvalue weighted by atomic mass is 35.5. The summed E-state index contributed by atoms with van der Waals surface area (Å²) in [5.74, 6) is 1.32. The second-order valence-corrected chi connectivity index (χ2v) is 5.33. The molecule has 0 aromatic rings. The molecule has 2 rings (SSSR count). The zero-order valence-electron chi connectivity index (χ0n) is 10.9. The summed E-state index contributed by atoms with van der Waals surface area (Å²) in [7, 11) is 0. The van der Waals surface area contributed by atoms with E-state index in [2.05, 4.69) is 38.2 Å². The average Bonchev–Trinajstić information content (AvgIpc) is 2.54. The summed E-state index contributed by atoms with van der Waals surface area (Å²) in [5, 5.41) is 0.782. The van der Waals surface area contributed by atoms with E-state index in [0.717, 1.165) is 23.6 Å². The zero-order chi connectivity index (χ0) is 13.0. The summed E-state index contributed by atoms with van der Waals surface area (Å²) in [4.78, 5) is 0. The third-order valence-corrected chi connectivity index (χ3v) is 3.44. The lowest BCUT2D eigenvalue weighted by molar-refractivity contribution is 0.165. The molecule has 1 unspecified atom stereocenters.